The Morgan fingerprint density at radius 2 is 1.76 bits per heavy atom. The maximum Gasteiger partial charge on any atom is 0.346 e. The van der Waals surface area contributed by atoms with Crippen LogP contribution in [0.25, 0.3) is 0 Å². The standard InChI is InChI=1S/C19H27NO5/c1-12-7-5-8-14(13(12)2)20-17(21)11-25-19(22)18-15(23-3)9-6-10-16(18)24-4/h6,9-10,12-14H,5,7-8,11H2,1-4H3,(H,20,21)/t12-,13-,14+/m0/s1. The summed E-state index contributed by atoms with van der Waals surface area (Å²) in [5, 5.41) is 2.98. The molecule has 0 aliphatic heterocycles. The maximum absolute atomic E-state index is 12.4. The van der Waals surface area contributed by atoms with Crippen molar-refractivity contribution in [2.24, 2.45) is 11.8 Å². The highest BCUT2D eigenvalue weighted by atomic mass is 16.5. The lowest BCUT2D eigenvalue weighted by molar-refractivity contribution is -0.125. The van der Waals surface area contributed by atoms with Crippen LogP contribution in [0.15, 0.2) is 18.2 Å². The van der Waals surface area contributed by atoms with Gasteiger partial charge in [0.1, 0.15) is 17.1 Å². The van der Waals surface area contributed by atoms with Crippen molar-refractivity contribution in [1.29, 1.82) is 0 Å². The second-order valence-corrected chi connectivity index (χ2v) is 6.55. The Hall–Kier alpha value is -2.24. The zero-order valence-electron chi connectivity index (χ0n) is 15.3. The highest BCUT2D eigenvalue weighted by Gasteiger charge is 2.28. The van der Waals surface area contributed by atoms with Crippen LogP contribution in [0.5, 0.6) is 11.5 Å². The fourth-order valence-electron chi connectivity index (χ4n) is 3.29. The van der Waals surface area contributed by atoms with Crippen molar-refractivity contribution in [3.8, 4) is 11.5 Å². The molecule has 0 bridgehead atoms. The number of carbonyl (C=O) groups is 2. The molecule has 1 aromatic rings. The molecule has 2 rings (SSSR count). The van der Waals surface area contributed by atoms with Gasteiger partial charge in [0.15, 0.2) is 6.61 Å². The first-order valence-corrected chi connectivity index (χ1v) is 8.65. The number of ether oxygens (including phenoxy) is 3. The molecule has 1 aromatic carbocycles. The summed E-state index contributed by atoms with van der Waals surface area (Å²) >= 11 is 0. The average molecular weight is 349 g/mol. The number of amides is 1. The fraction of sp³-hybridized carbons (Fsp3) is 0.579. The second kappa shape index (κ2) is 8.74. The van der Waals surface area contributed by atoms with Crippen LogP contribution in [0.3, 0.4) is 0 Å². The van der Waals surface area contributed by atoms with Gasteiger partial charge < -0.3 is 19.5 Å². The molecule has 1 aliphatic carbocycles. The molecule has 0 spiro atoms. The molecular formula is C19H27NO5. The summed E-state index contributed by atoms with van der Waals surface area (Å²) in [4.78, 5) is 24.5. The minimum Gasteiger partial charge on any atom is -0.496 e. The van der Waals surface area contributed by atoms with Crippen LogP contribution >= 0.6 is 0 Å². The zero-order chi connectivity index (χ0) is 18.4. The molecule has 1 aliphatic rings. The van der Waals surface area contributed by atoms with Gasteiger partial charge in [-0.25, -0.2) is 4.79 Å². The van der Waals surface area contributed by atoms with Crippen LogP contribution in [-0.2, 0) is 9.53 Å². The molecule has 1 fully saturated rings. The van der Waals surface area contributed by atoms with Crippen molar-refractivity contribution in [2.45, 2.75) is 39.2 Å². The van der Waals surface area contributed by atoms with E-state index in [2.05, 4.69) is 19.2 Å². The number of methoxy groups -OCH3 is 2. The third kappa shape index (κ3) is 4.65. The van der Waals surface area contributed by atoms with Crippen molar-refractivity contribution < 1.29 is 23.8 Å². The Kier molecular flexibility index (Phi) is 6.67. The van der Waals surface area contributed by atoms with E-state index < -0.39 is 5.97 Å². The van der Waals surface area contributed by atoms with Gasteiger partial charge in [-0.05, 0) is 30.4 Å². The Bertz CT molecular complexity index is 594. The number of rotatable bonds is 6. The van der Waals surface area contributed by atoms with Crippen molar-refractivity contribution in [1.82, 2.24) is 5.32 Å². The van der Waals surface area contributed by atoms with E-state index in [9.17, 15) is 9.59 Å². The number of esters is 1. The highest BCUT2D eigenvalue weighted by molar-refractivity contribution is 5.96. The third-order valence-electron chi connectivity index (χ3n) is 5.02. The van der Waals surface area contributed by atoms with Gasteiger partial charge in [-0.2, -0.15) is 0 Å². The summed E-state index contributed by atoms with van der Waals surface area (Å²) in [6.45, 7) is 4.04. The first-order valence-electron chi connectivity index (χ1n) is 8.65. The molecule has 0 saturated heterocycles. The summed E-state index contributed by atoms with van der Waals surface area (Å²) in [7, 11) is 2.92. The van der Waals surface area contributed by atoms with E-state index in [0.29, 0.717) is 23.3 Å². The summed E-state index contributed by atoms with van der Waals surface area (Å²) < 4.78 is 15.5. The van der Waals surface area contributed by atoms with Crippen LogP contribution < -0.4 is 14.8 Å². The molecule has 1 N–H and O–H groups in total. The van der Waals surface area contributed by atoms with Gasteiger partial charge in [-0.15, -0.1) is 0 Å². The van der Waals surface area contributed by atoms with Crippen molar-refractivity contribution in [3.05, 3.63) is 23.8 Å². The second-order valence-electron chi connectivity index (χ2n) is 6.55. The smallest absolute Gasteiger partial charge is 0.346 e. The number of carbonyl (C=O) groups excluding carboxylic acids is 2. The van der Waals surface area contributed by atoms with E-state index in [1.165, 1.54) is 20.6 Å². The summed E-state index contributed by atoms with van der Waals surface area (Å²) in [5.41, 5.74) is 0.181. The molecule has 0 unspecified atom stereocenters. The molecule has 1 amide bonds. The summed E-state index contributed by atoms with van der Waals surface area (Å²) in [5.74, 6) is 0.767. The van der Waals surface area contributed by atoms with Gasteiger partial charge in [-0.3, -0.25) is 4.79 Å². The minimum atomic E-state index is -0.644. The number of nitrogens with one attached hydrogen (secondary N) is 1. The molecule has 25 heavy (non-hydrogen) atoms. The van der Waals surface area contributed by atoms with Gasteiger partial charge in [0.05, 0.1) is 14.2 Å². The molecule has 138 valence electrons. The first-order chi connectivity index (χ1) is 12.0. The normalized spacial score (nSPS) is 22.8. The first kappa shape index (κ1) is 19.1. The minimum absolute atomic E-state index is 0.135. The molecule has 6 heteroatoms. The van der Waals surface area contributed by atoms with Crippen molar-refractivity contribution in [2.75, 3.05) is 20.8 Å². The molecule has 0 aromatic heterocycles. The van der Waals surface area contributed by atoms with E-state index in [1.807, 2.05) is 0 Å². The number of hydrogen-bond acceptors (Lipinski definition) is 5. The Morgan fingerprint density at radius 3 is 2.36 bits per heavy atom. The van der Waals surface area contributed by atoms with Crippen LogP contribution in [0, 0.1) is 11.8 Å². The van der Waals surface area contributed by atoms with Gasteiger partial charge >= 0.3 is 5.97 Å². The van der Waals surface area contributed by atoms with Gasteiger partial charge in [0.25, 0.3) is 5.91 Å². The van der Waals surface area contributed by atoms with Crippen molar-refractivity contribution >= 4 is 11.9 Å². The van der Waals surface area contributed by atoms with E-state index >= 15 is 0 Å². The van der Waals surface area contributed by atoms with E-state index in [0.717, 1.165) is 12.8 Å². The summed E-state index contributed by atoms with van der Waals surface area (Å²) in [6.07, 6.45) is 3.26. The lowest BCUT2D eigenvalue weighted by Crippen LogP contribution is -2.45. The van der Waals surface area contributed by atoms with Crippen LogP contribution in [0.4, 0.5) is 0 Å². The SMILES string of the molecule is COc1cccc(OC)c1C(=O)OCC(=O)N[C@@H]1CCC[C@H](C)[C@@H]1C. The maximum atomic E-state index is 12.4. The Labute approximate surface area is 148 Å². The topological polar surface area (TPSA) is 73.9 Å². The Balaban J connectivity index is 1.95. The lowest BCUT2D eigenvalue weighted by Gasteiger charge is -2.34. The van der Waals surface area contributed by atoms with E-state index in [4.69, 9.17) is 14.2 Å². The monoisotopic (exact) mass is 349 g/mol. The molecule has 0 heterocycles. The van der Waals surface area contributed by atoms with Crippen molar-refractivity contribution in [3.63, 3.8) is 0 Å². The Morgan fingerprint density at radius 1 is 1.12 bits per heavy atom. The van der Waals surface area contributed by atoms with Crippen LogP contribution in [-0.4, -0.2) is 38.7 Å². The third-order valence-corrected chi connectivity index (χ3v) is 5.02. The summed E-state index contributed by atoms with van der Waals surface area (Å²) in [6, 6.07) is 5.14. The molecule has 1 saturated carbocycles. The molecular weight excluding hydrogens is 322 g/mol. The quantitative estimate of drug-likeness (QED) is 0.800. The fourth-order valence-corrected chi connectivity index (χ4v) is 3.29. The lowest BCUT2D eigenvalue weighted by atomic mass is 9.78. The van der Waals surface area contributed by atoms with Gasteiger partial charge in [0.2, 0.25) is 0 Å². The zero-order valence-corrected chi connectivity index (χ0v) is 15.3. The van der Waals surface area contributed by atoms with Gasteiger partial charge in [-0.1, -0.05) is 32.8 Å². The average Bonchev–Trinajstić information content (AvgIpc) is 2.62. The van der Waals surface area contributed by atoms with Crippen LogP contribution in [0.1, 0.15) is 43.5 Å². The van der Waals surface area contributed by atoms with Gasteiger partial charge in [0, 0.05) is 6.04 Å². The van der Waals surface area contributed by atoms with E-state index in [1.54, 1.807) is 18.2 Å². The number of hydrogen-bond donors (Lipinski definition) is 1. The molecule has 6 nitrogen and oxygen atoms in total. The van der Waals surface area contributed by atoms with Crippen LogP contribution in [0.2, 0.25) is 0 Å². The predicted octanol–water partition coefficient (Wildman–Crippen LogP) is 2.80. The number of benzene rings is 1. The largest absolute Gasteiger partial charge is 0.496 e. The molecule has 0 radical (unpaired) electrons. The predicted molar refractivity (Wildman–Crippen MR) is 93.9 cm³/mol. The highest BCUT2D eigenvalue weighted by Crippen LogP contribution is 2.30. The molecule has 3 atom stereocenters. The van der Waals surface area contributed by atoms with E-state index in [-0.39, 0.29) is 24.1 Å².